The Kier molecular flexibility index (Phi) is 4.14. The first-order chi connectivity index (χ1) is 12.7. The van der Waals surface area contributed by atoms with Gasteiger partial charge < -0.3 is 0 Å². The minimum Gasteiger partial charge on any atom is -0.282 e. The fourth-order valence-corrected chi connectivity index (χ4v) is 3.41. The second-order valence-corrected chi connectivity index (χ2v) is 6.22. The van der Waals surface area contributed by atoms with Gasteiger partial charge in [-0.1, -0.05) is 48.5 Å². The molecule has 0 atom stereocenters. The van der Waals surface area contributed by atoms with Crippen molar-refractivity contribution < 1.29 is 9.20 Å². The van der Waals surface area contributed by atoms with E-state index in [1.165, 1.54) is 4.57 Å². The molecule has 0 spiro atoms. The Bertz CT molecular complexity index is 1170. The number of hydrogen-bond donors (Lipinski definition) is 1. The Morgan fingerprint density at radius 1 is 0.846 bits per heavy atom. The molecule has 0 saturated heterocycles. The zero-order valence-electron chi connectivity index (χ0n) is 13.7. The van der Waals surface area contributed by atoms with Gasteiger partial charge in [0.2, 0.25) is 0 Å². The number of aromatic nitrogens is 2. The van der Waals surface area contributed by atoms with Gasteiger partial charge in [-0.15, -0.1) is 17.0 Å². The largest absolute Gasteiger partial charge is 0.328 e. The Morgan fingerprint density at radius 3 is 2.15 bits per heavy atom. The third kappa shape index (κ3) is 2.62. The maximum atomic E-state index is 13.2. The summed E-state index contributed by atoms with van der Waals surface area (Å²) in [5.74, 6) is -0.193. The summed E-state index contributed by atoms with van der Waals surface area (Å²) < 4.78 is 3.08. The number of carbonyl (C=O) groups is 1. The van der Waals surface area contributed by atoms with E-state index in [1.54, 1.807) is 40.9 Å². The zero-order chi connectivity index (χ0) is 18.1. The van der Waals surface area contributed by atoms with Gasteiger partial charge in [0.1, 0.15) is 0 Å². The van der Waals surface area contributed by atoms with Crippen molar-refractivity contribution in [2.24, 2.45) is 0 Å². The average Bonchev–Trinajstić information content (AvgIpc) is 2.69. The molecule has 0 bridgehead atoms. The highest BCUT2D eigenvalue weighted by molar-refractivity contribution is 7.80. The number of para-hydroxylation sites is 1. The third-order valence-corrected chi connectivity index (χ3v) is 4.62. The summed E-state index contributed by atoms with van der Waals surface area (Å²) in [6, 6.07) is 23.4. The quantitative estimate of drug-likeness (QED) is 0.347. The lowest BCUT2D eigenvalue weighted by Crippen LogP contribution is -2.40. The van der Waals surface area contributed by atoms with E-state index >= 15 is 0 Å². The van der Waals surface area contributed by atoms with E-state index in [0.717, 1.165) is 0 Å². The highest BCUT2D eigenvalue weighted by atomic mass is 32.1. The molecule has 126 valence electrons. The minimum atomic E-state index is -0.230. The Morgan fingerprint density at radius 2 is 1.46 bits per heavy atom. The highest BCUT2D eigenvalue weighted by Crippen LogP contribution is 2.18. The van der Waals surface area contributed by atoms with Crippen LogP contribution in [0.5, 0.6) is 0 Å². The minimum absolute atomic E-state index is 0.193. The molecule has 0 aliphatic carbocycles. The van der Waals surface area contributed by atoms with Gasteiger partial charge in [-0.2, -0.15) is 0 Å². The molecule has 2 aromatic heterocycles. The Hall–Kier alpha value is -3.18. The molecule has 0 amide bonds. The van der Waals surface area contributed by atoms with E-state index in [9.17, 15) is 9.59 Å². The van der Waals surface area contributed by atoms with Gasteiger partial charge in [-0.25, -0.2) is 0 Å². The van der Waals surface area contributed by atoms with Crippen molar-refractivity contribution in [1.29, 1.82) is 0 Å². The maximum Gasteiger partial charge on any atom is 0.328 e. The van der Waals surface area contributed by atoms with Gasteiger partial charge >= 0.3 is 5.56 Å². The van der Waals surface area contributed by atoms with Crippen molar-refractivity contribution in [3.8, 4) is 5.69 Å². The molecule has 4 nitrogen and oxygen atoms in total. The molecule has 2 aromatic carbocycles. The molecule has 2 heterocycles. The molecule has 0 aliphatic rings. The van der Waals surface area contributed by atoms with Crippen LogP contribution in [0.3, 0.4) is 0 Å². The summed E-state index contributed by atoms with van der Waals surface area (Å²) >= 11 is 4.58. The van der Waals surface area contributed by atoms with Crippen molar-refractivity contribution in [3.63, 3.8) is 0 Å². The number of rotatable bonds is 3. The van der Waals surface area contributed by atoms with E-state index < -0.39 is 0 Å². The van der Waals surface area contributed by atoms with Crippen LogP contribution in [0.2, 0.25) is 0 Å². The highest BCUT2D eigenvalue weighted by Gasteiger charge is 2.29. The van der Waals surface area contributed by atoms with Crippen molar-refractivity contribution in [2.45, 2.75) is 5.03 Å². The summed E-state index contributed by atoms with van der Waals surface area (Å²) in [7, 11) is 0. The first-order valence-corrected chi connectivity index (χ1v) is 8.57. The lowest BCUT2D eigenvalue weighted by molar-refractivity contribution is -0.518. The van der Waals surface area contributed by atoms with Crippen LogP contribution in [0.1, 0.15) is 16.1 Å². The molecule has 4 rings (SSSR count). The predicted molar refractivity (Wildman–Crippen MR) is 102 cm³/mol. The summed E-state index contributed by atoms with van der Waals surface area (Å²) in [4.78, 5) is 26.2. The van der Waals surface area contributed by atoms with Crippen LogP contribution < -0.4 is 9.96 Å². The monoisotopic (exact) mass is 359 g/mol. The van der Waals surface area contributed by atoms with Gasteiger partial charge in [0.05, 0.1) is 5.69 Å². The van der Waals surface area contributed by atoms with Gasteiger partial charge in [-0.05, 0) is 18.2 Å². The maximum absolute atomic E-state index is 13.2. The average molecular weight is 359 g/mol. The second kappa shape index (κ2) is 6.61. The molecule has 0 saturated carbocycles. The molecule has 0 aliphatic heterocycles. The molecule has 5 heteroatoms. The van der Waals surface area contributed by atoms with Crippen LogP contribution in [0, 0.1) is 0 Å². The van der Waals surface area contributed by atoms with Gasteiger partial charge in [0, 0.05) is 17.7 Å². The van der Waals surface area contributed by atoms with Gasteiger partial charge in [0.15, 0.2) is 11.2 Å². The lowest BCUT2D eigenvalue weighted by Gasteiger charge is -2.11. The molecular weight excluding hydrogens is 344 g/mol. The van der Waals surface area contributed by atoms with Crippen molar-refractivity contribution >= 4 is 23.9 Å². The summed E-state index contributed by atoms with van der Waals surface area (Å²) in [6.07, 6.45) is 1.71. The van der Waals surface area contributed by atoms with Crippen LogP contribution in [-0.2, 0) is 0 Å². The second-order valence-electron chi connectivity index (χ2n) is 5.80. The molecule has 26 heavy (non-hydrogen) atoms. The molecule has 0 fully saturated rings. The zero-order valence-corrected chi connectivity index (χ0v) is 14.6. The van der Waals surface area contributed by atoms with E-state index in [4.69, 9.17) is 0 Å². The summed E-state index contributed by atoms with van der Waals surface area (Å²) in [6.45, 7) is 0. The molecule has 0 N–H and O–H groups in total. The Labute approximate surface area is 155 Å². The number of fused-ring (bicyclic) bond motifs is 1. The smallest absolute Gasteiger partial charge is 0.282 e. The standard InChI is InChI=1S/C21H14N2O2S/c24-19(15-9-3-1-4-10-15)18-21(26)23(16-11-5-2-6-12-16)20(25)17-13-7-8-14-22(17)18/h1-14H/p+1. The van der Waals surface area contributed by atoms with Crippen LogP contribution in [0.15, 0.2) is 94.9 Å². The fraction of sp³-hybridized carbons (Fsp3) is 0. The normalized spacial score (nSPS) is 10.8. The molecule has 0 radical (unpaired) electrons. The molecule has 0 unspecified atom stereocenters. The van der Waals surface area contributed by atoms with E-state index in [-0.39, 0.29) is 11.3 Å². The van der Waals surface area contributed by atoms with Crippen molar-refractivity contribution in [3.05, 3.63) is 107 Å². The lowest BCUT2D eigenvalue weighted by atomic mass is 10.1. The first-order valence-electron chi connectivity index (χ1n) is 8.12. The summed E-state index contributed by atoms with van der Waals surface area (Å²) in [5.41, 5.74) is 1.73. The van der Waals surface area contributed by atoms with Crippen molar-refractivity contribution in [1.82, 2.24) is 4.57 Å². The first kappa shape index (κ1) is 16.3. The number of hydrogen-bond acceptors (Lipinski definition) is 3. The summed E-state index contributed by atoms with van der Waals surface area (Å²) in [5, 5.41) is 0.304. The van der Waals surface area contributed by atoms with Crippen LogP contribution >= 0.6 is 12.6 Å². The number of carbonyl (C=O) groups excluding carboxylic acids is 1. The van der Waals surface area contributed by atoms with Gasteiger partial charge in [0.25, 0.3) is 17.0 Å². The molecule has 4 aromatic rings. The fourth-order valence-electron chi connectivity index (χ4n) is 2.99. The van der Waals surface area contributed by atoms with Crippen molar-refractivity contribution in [2.75, 3.05) is 0 Å². The number of benzene rings is 2. The topological polar surface area (TPSA) is 43.2 Å². The Balaban J connectivity index is 2.10. The van der Waals surface area contributed by atoms with E-state index in [1.807, 2.05) is 48.5 Å². The molecular formula is C21H15N2O2S+. The van der Waals surface area contributed by atoms with Gasteiger partial charge in [-0.3, -0.25) is 14.2 Å². The van der Waals surface area contributed by atoms with Crippen LogP contribution in [0.25, 0.3) is 11.2 Å². The number of thiol groups is 1. The number of nitrogens with zero attached hydrogens (tertiary/aromatic N) is 2. The third-order valence-electron chi connectivity index (χ3n) is 4.21. The van der Waals surface area contributed by atoms with Crippen LogP contribution in [-0.4, -0.2) is 10.4 Å². The number of ketones is 1. The van der Waals surface area contributed by atoms with E-state index in [2.05, 4.69) is 12.6 Å². The SMILES string of the molecule is O=C(c1ccccc1)c1c(S)n(-c2ccccc2)c(=O)c2cccc[n+]12. The number of pyridine rings is 1. The van der Waals surface area contributed by atoms with E-state index in [0.29, 0.717) is 27.5 Å². The predicted octanol–water partition coefficient (Wildman–Crippen LogP) is 3.10. The van der Waals surface area contributed by atoms with Crippen LogP contribution in [0.4, 0.5) is 0 Å².